The molecule has 0 unspecified atom stereocenters. The number of halogens is 1. The number of hydrogen-bond acceptors (Lipinski definition) is 6. The Kier molecular flexibility index (Phi) is 5.77. The maximum Gasteiger partial charge on any atom is 0.313 e. The second-order valence-electron chi connectivity index (χ2n) is 6.79. The van der Waals surface area contributed by atoms with Gasteiger partial charge < -0.3 is 20.1 Å². The Morgan fingerprint density at radius 1 is 1.32 bits per heavy atom. The first-order valence-electron chi connectivity index (χ1n) is 8.95. The number of carbonyl (C=O) groups excluding carboxylic acids is 1. The number of ether oxygens (including phenoxy) is 2. The number of aromatic nitrogens is 1. The molecule has 7 nitrogen and oxygen atoms in total. The molecule has 0 amide bonds. The van der Waals surface area contributed by atoms with Gasteiger partial charge in [0.1, 0.15) is 30.7 Å². The van der Waals surface area contributed by atoms with Crippen LogP contribution in [-0.2, 0) is 16.1 Å². The third kappa shape index (κ3) is 4.57. The highest BCUT2D eigenvalue weighted by atomic mass is 19.1. The summed E-state index contributed by atoms with van der Waals surface area (Å²) in [7, 11) is 0. The van der Waals surface area contributed by atoms with Gasteiger partial charge in [-0.3, -0.25) is 15.2 Å². The molecule has 0 spiro atoms. The Morgan fingerprint density at radius 3 is 2.75 bits per heavy atom. The lowest BCUT2D eigenvalue weighted by Crippen LogP contribution is -2.54. The zero-order valence-corrected chi connectivity index (χ0v) is 15.9. The number of amidine groups is 1. The van der Waals surface area contributed by atoms with E-state index in [-0.39, 0.29) is 30.5 Å². The second kappa shape index (κ2) is 8.24. The molecular weight excluding hydrogens is 363 g/mol. The van der Waals surface area contributed by atoms with Crippen molar-refractivity contribution >= 4 is 17.5 Å². The predicted octanol–water partition coefficient (Wildman–Crippen LogP) is 2.47. The summed E-state index contributed by atoms with van der Waals surface area (Å²) in [5.74, 6) is -0.631. The van der Waals surface area contributed by atoms with Gasteiger partial charge in [0.05, 0.1) is 24.5 Å². The molecule has 1 aromatic heterocycles. The number of pyridine rings is 1. The van der Waals surface area contributed by atoms with Crippen molar-refractivity contribution in [2.45, 2.75) is 33.0 Å². The van der Waals surface area contributed by atoms with Gasteiger partial charge in [-0.05, 0) is 32.0 Å². The first-order chi connectivity index (χ1) is 13.3. The van der Waals surface area contributed by atoms with E-state index in [4.69, 9.17) is 20.6 Å². The van der Waals surface area contributed by atoms with Crippen LogP contribution in [0.4, 0.5) is 10.1 Å². The Bertz CT molecular complexity index is 897. The Balaban J connectivity index is 1.58. The molecule has 3 rings (SSSR count). The summed E-state index contributed by atoms with van der Waals surface area (Å²) in [6.45, 7) is 4.73. The van der Waals surface area contributed by atoms with Crippen LogP contribution < -0.4 is 15.4 Å². The van der Waals surface area contributed by atoms with Crippen LogP contribution in [-0.4, -0.2) is 36.0 Å². The molecule has 1 aliphatic heterocycles. The van der Waals surface area contributed by atoms with Gasteiger partial charge in [0, 0.05) is 11.3 Å². The van der Waals surface area contributed by atoms with Gasteiger partial charge in [0.2, 0.25) is 0 Å². The lowest BCUT2D eigenvalue weighted by atomic mass is 10.1. The van der Waals surface area contributed by atoms with E-state index >= 15 is 0 Å². The van der Waals surface area contributed by atoms with E-state index in [0.29, 0.717) is 18.8 Å². The van der Waals surface area contributed by atoms with E-state index < -0.39 is 11.8 Å². The van der Waals surface area contributed by atoms with Crippen LogP contribution in [0.2, 0.25) is 0 Å². The highest BCUT2D eigenvalue weighted by Crippen LogP contribution is 2.29. The summed E-state index contributed by atoms with van der Waals surface area (Å²) in [6.07, 6.45) is -0.348. The zero-order valence-electron chi connectivity index (χ0n) is 15.9. The summed E-state index contributed by atoms with van der Waals surface area (Å²) in [4.78, 5) is 17.7. The minimum Gasteiger partial charge on any atom is -0.485 e. The van der Waals surface area contributed by atoms with Crippen LogP contribution in [0.1, 0.15) is 23.4 Å². The molecule has 1 aliphatic rings. The quantitative estimate of drug-likeness (QED) is 0.431. The Hall–Kier alpha value is -3.16. The Labute approximate surface area is 162 Å². The molecule has 2 aromatic rings. The third-order valence-electron chi connectivity index (χ3n) is 4.44. The van der Waals surface area contributed by atoms with E-state index in [2.05, 4.69) is 4.98 Å². The minimum absolute atomic E-state index is 0.0420. The first kappa shape index (κ1) is 19.6. The molecule has 0 radical (unpaired) electrons. The molecule has 0 atom stereocenters. The van der Waals surface area contributed by atoms with Crippen LogP contribution in [0.5, 0.6) is 5.75 Å². The number of hydrogen-bond donors (Lipinski definition) is 2. The number of nitrogens with one attached hydrogen (secondary N) is 1. The standard InChI is InChI=1S/C20H23FN4O3/c1-12-6-7-17(13(2)24-12)28-15-9-25(10-15)16-5-3-4-14(20(16)21)11-27-19(26)8-18(22)23/h3-7,15H,8-11H2,1-2H3,(H3,22,23). The summed E-state index contributed by atoms with van der Waals surface area (Å²) in [5, 5.41) is 7.08. The van der Waals surface area contributed by atoms with E-state index in [1.165, 1.54) is 0 Å². The number of nitrogens with zero attached hydrogens (tertiary/aromatic N) is 2. The van der Waals surface area contributed by atoms with Crippen LogP contribution in [0.15, 0.2) is 30.3 Å². The van der Waals surface area contributed by atoms with Gasteiger partial charge in [-0.25, -0.2) is 4.39 Å². The summed E-state index contributed by atoms with van der Waals surface area (Å²) >= 11 is 0. The average Bonchev–Trinajstić information content (AvgIpc) is 2.58. The summed E-state index contributed by atoms with van der Waals surface area (Å²) < 4.78 is 25.7. The average molecular weight is 386 g/mol. The number of anilines is 1. The summed E-state index contributed by atoms with van der Waals surface area (Å²) in [5.41, 5.74) is 7.64. The maximum absolute atomic E-state index is 14.8. The number of nitrogens with two attached hydrogens (primary N) is 1. The second-order valence-corrected chi connectivity index (χ2v) is 6.79. The zero-order chi connectivity index (χ0) is 20.3. The van der Waals surface area contributed by atoms with Crippen LogP contribution in [0.3, 0.4) is 0 Å². The predicted molar refractivity (Wildman–Crippen MR) is 103 cm³/mol. The highest BCUT2D eigenvalue weighted by molar-refractivity contribution is 5.94. The van der Waals surface area contributed by atoms with E-state index in [0.717, 1.165) is 17.1 Å². The molecule has 8 heteroatoms. The number of carbonyl (C=O) groups is 1. The highest BCUT2D eigenvalue weighted by Gasteiger charge is 2.31. The van der Waals surface area contributed by atoms with Crippen molar-refractivity contribution in [3.8, 4) is 5.75 Å². The topological polar surface area (TPSA) is 102 Å². The Morgan fingerprint density at radius 2 is 2.07 bits per heavy atom. The van der Waals surface area contributed by atoms with Gasteiger partial charge in [0.25, 0.3) is 0 Å². The van der Waals surface area contributed by atoms with Crippen molar-refractivity contribution in [2.75, 3.05) is 18.0 Å². The van der Waals surface area contributed by atoms with E-state index in [1.54, 1.807) is 18.2 Å². The van der Waals surface area contributed by atoms with Crippen molar-refractivity contribution in [3.05, 3.63) is 53.1 Å². The molecule has 0 saturated carbocycles. The van der Waals surface area contributed by atoms with Crippen molar-refractivity contribution in [1.29, 1.82) is 5.41 Å². The van der Waals surface area contributed by atoms with Crippen LogP contribution >= 0.6 is 0 Å². The number of esters is 1. The van der Waals surface area contributed by atoms with E-state index in [1.807, 2.05) is 30.9 Å². The molecular formula is C20H23FN4O3. The molecule has 1 aromatic carbocycles. The largest absolute Gasteiger partial charge is 0.485 e. The van der Waals surface area contributed by atoms with Crippen LogP contribution in [0.25, 0.3) is 0 Å². The van der Waals surface area contributed by atoms with Crippen molar-refractivity contribution in [2.24, 2.45) is 5.73 Å². The third-order valence-corrected chi connectivity index (χ3v) is 4.44. The molecule has 28 heavy (non-hydrogen) atoms. The molecule has 0 bridgehead atoms. The van der Waals surface area contributed by atoms with Gasteiger partial charge >= 0.3 is 5.97 Å². The van der Waals surface area contributed by atoms with Crippen molar-refractivity contribution in [1.82, 2.24) is 4.98 Å². The van der Waals surface area contributed by atoms with Gasteiger partial charge in [-0.1, -0.05) is 12.1 Å². The van der Waals surface area contributed by atoms with E-state index in [9.17, 15) is 9.18 Å². The van der Waals surface area contributed by atoms with Gasteiger partial charge in [0.15, 0.2) is 5.82 Å². The molecule has 2 heterocycles. The fourth-order valence-electron chi connectivity index (χ4n) is 2.97. The fourth-order valence-corrected chi connectivity index (χ4v) is 2.97. The van der Waals surface area contributed by atoms with Crippen LogP contribution in [0, 0.1) is 25.1 Å². The molecule has 1 saturated heterocycles. The smallest absolute Gasteiger partial charge is 0.313 e. The maximum atomic E-state index is 14.8. The number of rotatable bonds is 7. The van der Waals surface area contributed by atoms with Crippen molar-refractivity contribution in [3.63, 3.8) is 0 Å². The normalized spacial score (nSPS) is 13.8. The van der Waals surface area contributed by atoms with Gasteiger partial charge in [-0.2, -0.15) is 0 Å². The summed E-state index contributed by atoms with van der Waals surface area (Å²) in [6, 6.07) is 8.77. The minimum atomic E-state index is -0.656. The molecule has 0 aliphatic carbocycles. The first-order valence-corrected chi connectivity index (χ1v) is 8.95. The molecule has 3 N–H and O–H groups in total. The molecule has 1 fully saturated rings. The van der Waals surface area contributed by atoms with Crippen molar-refractivity contribution < 1.29 is 18.7 Å². The lowest BCUT2D eigenvalue weighted by Gasteiger charge is -2.41. The lowest BCUT2D eigenvalue weighted by molar-refractivity contribution is -0.143. The fraction of sp³-hybridized carbons (Fsp3) is 0.350. The molecule has 148 valence electrons. The monoisotopic (exact) mass is 386 g/mol. The van der Waals surface area contributed by atoms with Gasteiger partial charge in [-0.15, -0.1) is 0 Å². The SMILES string of the molecule is Cc1ccc(OC2CN(c3cccc(COC(=O)CC(=N)N)c3F)C2)c(C)n1. The number of benzene rings is 1. The number of aryl methyl sites for hydroxylation is 2.